The van der Waals surface area contributed by atoms with Gasteiger partial charge in [0, 0.05) is 24.0 Å². The molecule has 4 N–H and O–H groups in total. The van der Waals surface area contributed by atoms with Crippen molar-refractivity contribution in [1.82, 2.24) is 10.4 Å². The first-order valence-electron chi connectivity index (χ1n) is 10.8. The summed E-state index contributed by atoms with van der Waals surface area (Å²) in [4.78, 5) is 28.4. The molecule has 0 aliphatic rings. The number of amides is 3. The van der Waals surface area contributed by atoms with Gasteiger partial charge >= 0.3 is 6.03 Å². The summed E-state index contributed by atoms with van der Waals surface area (Å²) < 4.78 is 32.4. The lowest BCUT2D eigenvalue weighted by molar-refractivity contribution is 0.0949. The Kier molecular flexibility index (Phi) is 7.64. The van der Waals surface area contributed by atoms with Gasteiger partial charge in [-0.2, -0.15) is 5.10 Å². The number of nitrogens with zero attached hydrogens (tertiary/aromatic N) is 2. The number of aromatic hydroxyl groups is 1. The fourth-order valence-corrected chi connectivity index (χ4v) is 3.00. The van der Waals surface area contributed by atoms with Crippen LogP contribution in [0.1, 0.15) is 16.1 Å². The highest BCUT2D eigenvalue weighted by Gasteiger charge is 2.10. The second-order valence-electron chi connectivity index (χ2n) is 7.50. The van der Waals surface area contributed by atoms with Gasteiger partial charge in [-0.3, -0.25) is 9.78 Å². The van der Waals surface area contributed by atoms with Crippen molar-refractivity contribution in [2.75, 3.05) is 10.6 Å². The van der Waals surface area contributed by atoms with Crippen LogP contribution >= 0.6 is 0 Å². The van der Waals surface area contributed by atoms with Crippen molar-refractivity contribution in [1.29, 1.82) is 0 Å². The SMILES string of the molecule is O=C(Nc1ccc(Oc2ccnc(C(=O)NN=Cc3ccc(O)cc3)c2)cc1)Nc1ccc(F)cc1F. The molecule has 0 aliphatic carbocycles. The van der Waals surface area contributed by atoms with E-state index < -0.39 is 23.6 Å². The van der Waals surface area contributed by atoms with Gasteiger partial charge in [0.05, 0.1) is 11.9 Å². The molecule has 0 bridgehead atoms. The lowest BCUT2D eigenvalue weighted by atomic mass is 10.2. The smallest absolute Gasteiger partial charge is 0.323 e. The largest absolute Gasteiger partial charge is 0.508 e. The quantitative estimate of drug-likeness (QED) is 0.202. The molecule has 0 fully saturated rings. The Morgan fingerprint density at radius 2 is 1.65 bits per heavy atom. The number of anilines is 2. The Hall–Kier alpha value is -5.32. The predicted octanol–water partition coefficient (Wildman–Crippen LogP) is 5.27. The highest BCUT2D eigenvalue weighted by Crippen LogP contribution is 2.23. The summed E-state index contributed by atoms with van der Waals surface area (Å²) in [5, 5.41) is 18.0. The molecule has 4 rings (SSSR count). The van der Waals surface area contributed by atoms with E-state index in [9.17, 15) is 23.5 Å². The molecule has 37 heavy (non-hydrogen) atoms. The van der Waals surface area contributed by atoms with Gasteiger partial charge in [-0.15, -0.1) is 0 Å². The van der Waals surface area contributed by atoms with Gasteiger partial charge < -0.3 is 20.5 Å². The summed E-state index contributed by atoms with van der Waals surface area (Å²) >= 11 is 0. The maximum atomic E-state index is 13.7. The van der Waals surface area contributed by atoms with E-state index in [4.69, 9.17) is 4.74 Å². The van der Waals surface area contributed by atoms with E-state index in [2.05, 4.69) is 26.1 Å². The fourth-order valence-electron chi connectivity index (χ4n) is 3.00. The van der Waals surface area contributed by atoms with E-state index in [1.807, 2.05) is 0 Å². The summed E-state index contributed by atoms with van der Waals surface area (Å²) in [5.74, 6) is -1.32. The standard InChI is InChI=1S/C26H19F2N5O4/c27-17-3-10-23(22(28)13-17)32-26(36)31-18-4-8-20(9-5-18)37-21-11-12-29-24(14-21)25(35)33-30-15-16-1-6-19(34)7-2-16/h1-15,34H,(H,33,35)(H2,31,32,36). The van der Waals surface area contributed by atoms with Crippen LogP contribution in [0.5, 0.6) is 17.2 Å². The minimum Gasteiger partial charge on any atom is -0.508 e. The first-order valence-corrected chi connectivity index (χ1v) is 10.8. The molecular weight excluding hydrogens is 484 g/mol. The van der Waals surface area contributed by atoms with Crippen LogP contribution in [0.4, 0.5) is 25.0 Å². The third kappa shape index (κ3) is 7.09. The Morgan fingerprint density at radius 1 is 0.892 bits per heavy atom. The first kappa shape index (κ1) is 24.8. The molecule has 0 saturated carbocycles. The Balaban J connectivity index is 1.32. The summed E-state index contributed by atoms with van der Waals surface area (Å²) in [7, 11) is 0. The Morgan fingerprint density at radius 3 is 2.38 bits per heavy atom. The van der Waals surface area contributed by atoms with E-state index in [0.29, 0.717) is 28.8 Å². The number of phenols is 1. The van der Waals surface area contributed by atoms with Gasteiger partial charge in [-0.1, -0.05) is 0 Å². The number of aromatic nitrogens is 1. The molecule has 3 aromatic carbocycles. The zero-order valence-electron chi connectivity index (χ0n) is 19.0. The zero-order chi connectivity index (χ0) is 26.2. The number of nitrogens with one attached hydrogen (secondary N) is 3. The number of hydrogen-bond donors (Lipinski definition) is 4. The number of pyridine rings is 1. The molecule has 0 aliphatic heterocycles. The van der Waals surface area contributed by atoms with E-state index >= 15 is 0 Å². The number of hydrazone groups is 1. The molecule has 0 spiro atoms. The van der Waals surface area contributed by atoms with Crippen LogP contribution in [0.25, 0.3) is 0 Å². The number of phenolic OH excluding ortho intramolecular Hbond substituents is 1. The van der Waals surface area contributed by atoms with Crippen molar-refractivity contribution < 1.29 is 28.2 Å². The van der Waals surface area contributed by atoms with E-state index in [1.54, 1.807) is 42.5 Å². The third-order valence-electron chi connectivity index (χ3n) is 4.76. The maximum absolute atomic E-state index is 13.7. The summed E-state index contributed by atoms with van der Waals surface area (Å²) in [5.41, 5.74) is 3.35. The number of halogens is 2. The summed E-state index contributed by atoms with van der Waals surface area (Å²) in [6.45, 7) is 0. The molecule has 1 heterocycles. The first-order chi connectivity index (χ1) is 17.9. The number of hydrogen-bond acceptors (Lipinski definition) is 6. The minimum atomic E-state index is -0.895. The minimum absolute atomic E-state index is 0.0725. The van der Waals surface area contributed by atoms with Gasteiger partial charge in [-0.05, 0) is 72.3 Å². The van der Waals surface area contributed by atoms with Crippen LogP contribution in [0.15, 0.2) is 90.2 Å². The average molecular weight is 503 g/mol. The Bertz CT molecular complexity index is 1440. The van der Waals surface area contributed by atoms with Crippen molar-refractivity contribution in [2.24, 2.45) is 5.10 Å². The number of ether oxygens (including phenoxy) is 1. The number of carbonyl (C=O) groups is 2. The number of urea groups is 1. The molecule has 0 unspecified atom stereocenters. The highest BCUT2D eigenvalue weighted by atomic mass is 19.1. The lowest BCUT2D eigenvalue weighted by Gasteiger charge is -2.10. The van der Waals surface area contributed by atoms with Gasteiger partial charge in [-0.25, -0.2) is 19.0 Å². The van der Waals surface area contributed by atoms with E-state index in [1.165, 1.54) is 30.6 Å². The highest BCUT2D eigenvalue weighted by molar-refractivity contribution is 5.99. The monoisotopic (exact) mass is 503 g/mol. The maximum Gasteiger partial charge on any atom is 0.323 e. The van der Waals surface area contributed by atoms with Crippen LogP contribution in [0, 0.1) is 11.6 Å². The van der Waals surface area contributed by atoms with Gasteiger partial charge in [0.2, 0.25) is 0 Å². The molecule has 1 aromatic heterocycles. The number of rotatable bonds is 7. The van der Waals surface area contributed by atoms with Gasteiger partial charge in [0.15, 0.2) is 0 Å². The summed E-state index contributed by atoms with van der Waals surface area (Å²) in [6.07, 6.45) is 2.83. The van der Waals surface area contributed by atoms with Crippen LogP contribution in [0.3, 0.4) is 0 Å². The lowest BCUT2D eigenvalue weighted by Crippen LogP contribution is -2.20. The second kappa shape index (κ2) is 11.4. The van der Waals surface area contributed by atoms with Crippen molar-refractivity contribution in [3.8, 4) is 17.2 Å². The molecular formula is C26H19F2N5O4. The molecule has 9 nitrogen and oxygen atoms in total. The van der Waals surface area contributed by atoms with E-state index in [0.717, 1.165) is 12.1 Å². The van der Waals surface area contributed by atoms with Crippen LogP contribution in [-0.4, -0.2) is 28.2 Å². The molecule has 11 heteroatoms. The average Bonchev–Trinajstić information content (AvgIpc) is 2.88. The van der Waals surface area contributed by atoms with E-state index in [-0.39, 0.29) is 17.1 Å². The fraction of sp³-hybridized carbons (Fsp3) is 0. The molecule has 3 amide bonds. The normalized spacial score (nSPS) is 10.6. The number of benzene rings is 3. The van der Waals surface area contributed by atoms with Crippen molar-refractivity contribution in [3.05, 3.63) is 108 Å². The zero-order valence-corrected chi connectivity index (χ0v) is 19.0. The van der Waals surface area contributed by atoms with Crippen molar-refractivity contribution in [2.45, 2.75) is 0 Å². The van der Waals surface area contributed by atoms with Crippen LogP contribution < -0.4 is 20.8 Å². The predicted molar refractivity (Wildman–Crippen MR) is 133 cm³/mol. The van der Waals surface area contributed by atoms with Gasteiger partial charge in [0.25, 0.3) is 5.91 Å². The van der Waals surface area contributed by atoms with Gasteiger partial charge in [0.1, 0.15) is 34.6 Å². The number of carbonyl (C=O) groups excluding carboxylic acids is 2. The van der Waals surface area contributed by atoms with Crippen molar-refractivity contribution in [3.63, 3.8) is 0 Å². The van der Waals surface area contributed by atoms with Crippen LogP contribution in [0.2, 0.25) is 0 Å². The molecule has 0 radical (unpaired) electrons. The molecule has 0 saturated heterocycles. The molecule has 186 valence electrons. The topological polar surface area (TPSA) is 125 Å². The molecule has 0 atom stereocenters. The molecule has 4 aromatic rings. The second-order valence-corrected chi connectivity index (χ2v) is 7.50. The summed E-state index contributed by atoms with van der Waals surface area (Å²) in [6, 6.07) is 17.6. The Labute approximate surface area is 209 Å². The van der Waals surface area contributed by atoms with Crippen LogP contribution in [-0.2, 0) is 0 Å². The van der Waals surface area contributed by atoms with Crippen molar-refractivity contribution >= 4 is 29.5 Å². The third-order valence-corrected chi connectivity index (χ3v) is 4.76.